The predicted octanol–water partition coefficient (Wildman–Crippen LogP) is 2.80. The number of sulfonamides is 1. The molecule has 2 N–H and O–H groups in total. The second-order valence-electron chi connectivity index (χ2n) is 9.07. The Morgan fingerprint density at radius 2 is 2.03 bits per heavy atom. The Bertz CT molecular complexity index is 1030. The molecule has 180 valence electrons. The maximum atomic E-state index is 14.2. The first-order valence-electron chi connectivity index (χ1n) is 11.4. The summed E-state index contributed by atoms with van der Waals surface area (Å²) in [6.45, 7) is 1.15. The minimum absolute atomic E-state index is 0.0951. The van der Waals surface area contributed by atoms with Crippen LogP contribution in [0.2, 0.25) is 0 Å². The number of hydrogen-bond donors (Lipinski definition) is 2. The number of imide groups is 1. The number of carbonyl (C=O) groups excluding carboxylic acids is 2. The summed E-state index contributed by atoms with van der Waals surface area (Å²) >= 11 is 0. The number of halogens is 1. The van der Waals surface area contributed by atoms with Crippen LogP contribution < -0.4 is 14.8 Å². The van der Waals surface area contributed by atoms with E-state index in [9.17, 15) is 22.4 Å². The highest BCUT2D eigenvalue weighted by atomic mass is 32.2. The number of nitrogens with one attached hydrogen (secondary N) is 2. The molecule has 3 fully saturated rings. The van der Waals surface area contributed by atoms with Crippen LogP contribution in [0.25, 0.3) is 0 Å². The Morgan fingerprint density at radius 3 is 2.70 bits per heavy atom. The van der Waals surface area contributed by atoms with Crippen LogP contribution in [0.15, 0.2) is 30.4 Å². The van der Waals surface area contributed by atoms with Crippen molar-refractivity contribution in [3.05, 3.63) is 41.7 Å². The zero-order chi connectivity index (χ0) is 23.5. The molecule has 1 saturated heterocycles. The van der Waals surface area contributed by atoms with Crippen molar-refractivity contribution in [2.45, 2.75) is 50.5 Å². The van der Waals surface area contributed by atoms with Gasteiger partial charge in [-0.05, 0) is 55.7 Å². The molecule has 2 saturated carbocycles. The van der Waals surface area contributed by atoms with Crippen molar-refractivity contribution in [2.75, 3.05) is 25.4 Å². The average Bonchev–Trinajstić information content (AvgIpc) is 3.49. The lowest BCUT2D eigenvalue weighted by Crippen LogP contribution is -2.49. The fourth-order valence-electron chi connectivity index (χ4n) is 4.02. The molecule has 0 unspecified atom stereocenters. The zero-order valence-corrected chi connectivity index (χ0v) is 19.3. The standard InChI is InChI=1S/C23H30FN3O5S/c24-19-8-7-18(15-20(19)32-16-17-5-4-6-17)23(10-11-23)26-33(30,31)14-3-1-2-12-27-13-9-21(28)25-22(27)29/h1-2,7-8,15,17,26H,3-6,9-14,16H2,(H,25,28,29)/b2-1+. The van der Waals surface area contributed by atoms with Crippen LogP contribution in [0.3, 0.4) is 0 Å². The quantitative estimate of drug-likeness (QED) is 0.475. The molecule has 2 aliphatic carbocycles. The van der Waals surface area contributed by atoms with Gasteiger partial charge in [0.2, 0.25) is 15.9 Å². The van der Waals surface area contributed by atoms with E-state index in [0.717, 1.165) is 18.4 Å². The molecule has 1 aromatic carbocycles. The molecular weight excluding hydrogens is 449 g/mol. The molecule has 1 aliphatic heterocycles. The van der Waals surface area contributed by atoms with Crippen molar-refractivity contribution in [2.24, 2.45) is 5.92 Å². The molecule has 33 heavy (non-hydrogen) atoms. The highest BCUT2D eigenvalue weighted by Gasteiger charge is 2.47. The number of urea groups is 1. The van der Waals surface area contributed by atoms with Gasteiger partial charge in [0.15, 0.2) is 11.6 Å². The number of ether oxygens (including phenoxy) is 1. The van der Waals surface area contributed by atoms with Crippen molar-refractivity contribution < 1.29 is 27.1 Å². The zero-order valence-electron chi connectivity index (χ0n) is 18.5. The van der Waals surface area contributed by atoms with E-state index in [-0.39, 0.29) is 23.8 Å². The first-order chi connectivity index (χ1) is 15.8. The Hall–Kier alpha value is -2.46. The van der Waals surface area contributed by atoms with Gasteiger partial charge in [-0.2, -0.15) is 0 Å². The van der Waals surface area contributed by atoms with Crippen molar-refractivity contribution in [3.8, 4) is 5.75 Å². The van der Waals surface area contributed by atoms with E-state index in [1.165, 1.54) is 17.4 Å². The summed E-state index contributed by atoms with van der Waals surface area (Å²) in [4.78, 5) is 24.3. The fraction of sp³-hybridized carbons (Fsp3) is 0.565. The molecule has 0 radical (unpaired) electrons. The Morgan fingerprint density at radius 1 is 1.24 bits per heavy atom. The van der Waals surface area contributed by atoms with Crippen molar-refractivity contribution in [3.63, 3.8) is 0 Å². The minimum Gasteiger partial charge on any atom is -0.490 e. The van der Waals surface area contributed by atoms with Gasteiger partial charge >= 0.3 is 6.03 Å². The molecule has 8 nitrogen and oxygen atoms in total. The number of allylic oxidation sites excluding steroid dienone is 1. The van der Waals surface area contributed by atoms with E-state index in [1.54, 1.807) is 24.3 Å². The summed E-state index contributed by atoms with van der Waals surface area (Å²) in [5, 5.41) is 2.25. The average molecular weight is 480 g/mol. The number of carbonyl (C=O) groups is 2. The van der Waals surface area contributed by atoms with Gasteiger partial charge < -0.3 is 9.64 Å². The summed E-state index contributed by atoms with van der Waals surface area (Å²) in [6.07, 6.45) is 8.68. The number of amides is 3. The monoisotopic (exact) mass is 479 g/mol. The van der Waals surface area contributed by atoms with E-state index in [4.69, 9.17) is 4.74 Å². The number of rotatable bonds is 11. The lowest BCUT2D eigenvalue weighted by Gasteiger charge is -2.25. The van der Waals surface area contributed by atoms with Gasteiger partial charge in [-0.25, -0.2) is 22.3 Å². The predicted molar refractivity (Wildman–Crippen MR) is 121 cm³/mol. The van der Waals surface area contributed by atoms with Gasteiger partial charge in [0.1, 0.15) is 0 Å². The van der Waals surface area contributed by atoms with Crippen LogP contribution in [0.1, 0.15) is 50.5 Å². The smallest absolute Gasteiger partial charge is 0.324 e. The van der Waals surface area contributed by atoms with Gasteiger partial charge in [0, 0.05) is 19.5 Å². The SMILES string of the molecule is O=C1CCN(C/C=C/CCS(=O)(=O)NC2(c3ccc(F)c(OCC4CCC4)c3)CC2)C(=O)N1. The molecule has 0 spiro atoms. The topological polar surface area (TPSA) is 105 Å². The van der Waals surface area contributed by atoms with Crippen LogP contribution in [-0.4, -0.2) is 50.7 Å². The summed E-state index contributed by atoms with van der Waals surface area (Å²) < 4.78 is 48.0. The van der Waals surface area contributed by atoms with Gasteiger partial charge in [0.05, 0.1) is 17.9 Å². The highest BCUT2D eigenvalue weighted by Crippen LogP contribution is 2.47. The lowest BCUT2D eigenvalue weighted by molar-refractivity contribution is -0.121. The first-order valence-corrected chi connectivity index (χ1v) is 13.1. The molecule has 1 heterocycles. The summed E-state index contributed by atoms with van der Waals surface area (Å²) in [5.74, 6) is -0.168. The largest absolute Gasteiger partial charge is 0.490 e. The second-order valence-corrected chi connectivity index (χ2v) is 10.9. The normalized spacial score (nSPS) is 20.6. The molecular formula is C23H30FN3O5S. The fourth-order valence-corrected chi connectivity index (χ4v) is 5.48. The number of benzene rings is 1. The third kappa shape index (κ3) is 6.11. The van der Waals surface area contributed by atoms with Gasteiger partial charge in [-0.1, -0.05) is 24.6 Å². The summed E-state index contributed by atoms with van der Waals surface area (Å²) in [7, 11) is -3.57. The maximum absolute atomic E-state index is 14.2. The van der Waals surface area contributed by atoms with Crippen LogP contribution in [-0.2, 0) is 20.4 Å². The molecule has 3 amide bonds. The molecule has 10 heteroatoms. The highest BCUT2D eigenvalue weighted by molar-refractivity contribution is 7.89. The summed E-state index contributed by atoms with van der Waals surface area (Å²) in [6, 6.07) is 4.15. The Kier molecular flexibility index (Phi) is 7.04. The van der Waals surface area contributed by atoms with E-state index in [2.05, 4.69) is 10.0 Å². The van der Waals surface area contributed by atoms with E-state index >= 15 is 0 Å². The van der Waals surface area contributed by atoms with Gasteiger partial charge in [-0.15, -0.1) is 0 Å². The second kappa shape index (κ2) is 9.80. The third-order valence-corrected chi connectivity index (χ3v) is 7.95. The van der Waals surface area contributed by atoms with Crippen LogP contribution in [0, 0.1) is 11.7 Å². The molecule has 0 bridgehead atoms. The van der Waals surface area contributed by atoms with Crippen molar-refractivity contribution in [1.29, 1.82) is 0 Å². The Balaban J connectivity index is 1.28. The molecule has 0 atom stereocenters. The van der Waals surface area contributed by atoms with Crippen molar-refractivity contribution >= 4 is 22.0 Å². The molecule has 1 aromatic rings. The van der Waals surface area contributed by atoms with E-state index in [0.29, 0.717) is 44.9 Å². The van der Waals surface area contributed by atoms with Crippen molar-refractivity contribution in [1.82, 2.24) is 14.9 Å². The molecule has 3 aliphatic rings. The number of hydrogen-bond acceptors (Lipinski definition) is 5. The van der Waals surface area contributed by atoms with Crippen LogP contribution >= 0.6 is 0 Å². The van der Waals surface area contributed by atoms with E-state index in [1.807, 2.05) is 0 Å². The lowest BCUT2D eigenvalue weighted by atomic mass is 9.86. The van der Waals surface area contributed by atoms with Crippen LogP contribution in [0.5, 0.6) is 5.75 Å². The number of nitrogens with zero attached hydrogens (tertiary/aromatic N) is 1. The third-order valence-electron chi connectivity index (χ3n) is 6.47. The molecule has 0 aromatic heterocycles. The Labute approximate surface area is 193 Å². The minimum atomic E-state index is -3.57. The van der Waals surface area contributed by atoms with Gasteiger partial charge in [0.25, 0.3) is 0 Å². The van der Waals surface area contributed by atoms with Crippen LogP contribution in [0.4, 0.5) is 9.18 Å². The summed E-state index contributed by atoms with van der Waals surface area (Å²) in [5.41, 5.74) is 0.0146. The van der Waals surface area contributed by atoms with Gasteiger partial charge in [-0.3, -0.25) is 10.1 Å². The first kappa shape index (κ1) is 23.7. The molecule has 4 rings (SSSR count). The van der Waals surface area contributed by atoms with E-state index < -0.39 is 27.4 Å². The maximum Gasteiger partial charge on any atom is 0.324 e.